The van der Waals surface area contributed by atoms with Crippen LogP contribution >= 0.6 is 0 Å². The van der Waals surface area contributed by atoms with Gasteiger partial charge in [0.05, 0.1) is 12.0 Å². The molecule has 2 atom stereocenters. The summed E-state index contributed by atoms with van der Waals surface area (Å²) in [5, 5.41) is 2.94. The summed E-state index contributed by atoms with van der Waals surface area (Å²) >= 11 is 0. The summed E-state index contributed by atoms with van der Waals surface area (Å²) in [7, 11) is -2.58. The Hall–Kier alpha value is -3.69. The molecule has 0 aliphatic carbocycles. The number of ether oxygens (including phenoxy) is 1. The van der Waals surface area contributed by atoms with Crippen molar-refractivity contribution in [2.45, 2.75) is 69.9 Å². The minimum absolute atomic E-state index is 0.120. The molecule has 0 spiro atoms. The Balaban J connectivity index is 1.66. The highest BCUT2D eigenvalue weighted by molar-refractivity contribution is 7.89. The molecular formula is C33H41N3O5S. The number of aryl methyl sites for hydroxylation is 1. The minimum atomic E-state index is -4.13. The second-order valence-electron chi connectivity index (χ2n) is 11.0. The largest absolute Gasteiger partial charge is 0.496 e. The summed E-state index contributed by atoms with van der Waals surface area (Å²) < 4.78 is 35.9. The monoisotopic (exact) mass is 591 g/mol. The number of sulfonamides is 1. The summed E-state index contributed by atoms with van der Waals surface area (Å²) in [5.74, 6) is -0.0949. The predicted octanol–water partition coefficient (Wildman–Crippen LogP) is 4.25. The van der Waals surface area contributed by atoms with Crippen molar-refractivity contribution in [1.29, 1.82) is 0 Å². The molecular weight excluding hydrogens is 550 g/mol. The van der Waals surface area contributed by atoms with Crippen LogP contribution in [0.4, 0.5) is 0 Å². The molecule has 4 rings (SSSR count). The Labute approximate surface area is 249 Å². The number of likely N-dealkylation sites (tertiary alicyclic amines) is 1. The number of methoxy groups -OCH3 is 1. The van der Waals surface area contributed by atoms with Gasteiger partial charge in [0.15, 0.2) is 0 Å². The van der Waals surface area contributed by atoms with Crippen LogP contribution in [0.15, 0.2) is 71.6 Å². The molecule has 3 aromatic carbocycles. The summed E-state index contributed by atoms with van der Waals surface area (Å²) in [5.41, 5.74) is 3.49. The number of hydrogen-bond acceptors (Lipinski definition) is 5. The number of piperidine rings is 1. The fraction of sp³-hybridized carbons (Fsp3) is 0.394. The highest BCUT2D eigenvalue weighted by Gasteiger charge is 2.33. The van der Waals surface area contributed by atoms with E-state index in [4.69, 9.17) is 4.74 Å². The Kier molecular flexibility index (Phi) is 10.4. The molecule has 1 saturated heterocycles. The Bertz CT molecular complexity index is 1490. The van der Waals surface area contributed by atoms with E-state index in [2.05, 4.69) is 10.0 Å². The molecule has 0 aromatic heterocycles. The van der Waals surface area contributed by atoms with Crippen molar-refractivity contribution in [2.75, 3.05) is 20.2 Å². The smallest absolute Gasteiger partial charge is 0.245 e. The molecule has 0 radical (unpaired) electrons. The Morgan fingerprint density at radius 2 is 1.38 bits per heavy atom. The van der Waals surface area contributed by atoms with Crippen LogP contribution in [-0.4, -0.2) is 57.4 Å². The third-order valence-corrected chi connectivity index (χ3v) is 9.69. The normalized spacial score (nSPS) is 15.1. The van der Waals surface area contributed by atoms with Crippen LogP contribution in [0.25, 0.3) is 0 Å². The van der Waals surface area contributed by atoms with Crippen molar-refractivity contribution in [3.63, 3.8) is 0 Å². The Morgan fingerprint density at radius 3 is 1.93 bits per heavy atom. The molecule has 2 N–H and O–H groups in total. The van der Waals surface area contributed by atoms with Gasteiger partial charge in [0.2, 0.25) is 21.8 Å². The summed E-state index contributed by atoms with van der Waals surface area (Å²) in [6, 6.07) is 18.5. The first kappa shape index (κ1) is 31.3. The second-order valence-corrected chi connectivity index (χ2v) is 12.6. The summed E-state index contributed by atoms with van der Waals surface area (Å²) in [6.07, 6.45) is 3.35. The molecule has 1 aliphatic heterocycles. The fourth-order valence-corrected chi connectivity index (χ4v) is 7.31. The molecule has 224 valence electrons. The number of benzene rings is 3. The van der Waals surface area contributed by atoms with Gasteiger partial charge < -0.3 is 15.0 Å². The zero-order valence-electron chi connectivity index (χ0n) is 24.9. The van der Waals surface area contributed by atoms with E-state index in [-0.39, 0.29) is 17.2 Å². The van der Waals surface area contributed by atoms with Crippen molar-refractivity contribution in [3.8, 4) is 5.75 Å². The summed E-state index contributed by atoms with van der Waals surface area (Å²) in [6.45, 7) is 6.55. The lowest BCUT2D eigenvalue weighted by Gasteiger charge is -2.31. The van der Waals surface area contributed by atoms with Gasteiger partial charge in [0.25, 0.3) is 0 Å². The zero-order chi connectivity index (χ0) is 30.3. The van der Waals surface area contributed by atoms with Gasteiger partial charge in [0.1, 0.15) is 17.8 Å². The number of hydrogen-bond donors (Lipinski definition) is 2. The number of amides is 2. The van der Waals surface area contributed by atoms with Crippen LogP contribution in [0, 0.1) is 20.8 Å². The van der Waals surface area contributed by atoms with Gasteiger partial charge >= 0.3 is 0 Å². The molecule has 1 fully saturated rings. The molecule has 1 aliphatic rings. The van der Waals surface area contributed by atoms with Gasteiger partial charge in [-0.2, -0.15) is 4.72 Å². The number of nitrogens with one attached hydrogen (secondary N) is 2. The average molecular weight is 592 g/mol. The highest BCUT2D eigenvalue weighted by Crippen LogP contribution is 2.30. The van der Waals surface area contributed by atoms with E-state index in [1.54, 1.807) is 38.8 Å². The van der Waals surface area contributed by atoms with E-state index in [0.29, 0.717) is 42.0 Å². The molecule has 42 heavy (non-hydrogen) atoms. The topological polar surface area (TPSA) is 105 Å². The lowest BCUT2D eigenvalue weighted by molar-refractivity contribution is -0.137. The van der Waals surface area contributed by atoms with Crippen molar-refractivity contribution >= 4 is 21.8 Å². The van der Waals surface area contributed by atoms with Gasteiger partial charge in [-0.1, -0.05) is 60.7 Å². The lowest BCUT2D eigenvalue weighted by atomic mass is 10.0. The van der Waals surface area contributed by atoms with E-state index in [9.17, 15) is 18.0 Å². The van der Waals surface area contributed by atoms with E-state index < -0.39 is 28.0 Å². The molecule has 2 amide bonds. The number of nitrogens with zero attached hydrogens (tertiary/aromatic N) is 1. The first-order chi connectivity index (χ1) is 20.1. The Morgan fingerprint density at radius 1 is 0.833 bits per heavy atom. The van der Waals surface area contributed by atoms with Crippen LogP contribution in [0.5, 0.6) is 5.75 Å². The maximum Gasteiger partial charge on any atom is 0.245 e. The van der Waals surface area contributed by atoms with Crippen LogP contribution in [0.2, 0.25) is 0 Å². The molecule has 8 nitrogen and oxygen atoms in total. The van der Waals surface area contributed by atoms with Gasteiger partial charge in [-0.05, 0) is 80.3 Å². The summed E-state index contributed by atoms with van der Waals surface area (Å²) in [4.78, 5) is 29.6. The van der Waals surface area contributed by atoms with Crippen LogP contribution in [0.3, 0.4) is 0 Å². The van der Waals surface area contributed by atoms with Gasteiger partial charge in [0, 0.05) is 19.5 Å². The number of carbonyl (C=O) groups excluding carboxylic acids is 2. The van der Waals surface area contributed by atoms with Crippen LogP contribution < -0.4 is 14.8 Å². The van der Waals surface area contributed by atoms with Crippen molar-refractivity contribution in [2.24, 2.45) is 0 Å². The molecule has 0 unspecified atom stereocenters. The third-order valence-electron chi connectivity index (χ3n) is 7.93. The molecule has 0 saturated carbocycles. The molecule has 0 bridgehead atoms. The van der Waals surface area contributed by atoms with Crippen molar-refractivity contribution < 1.29 is 22.7 Å². The van der Waals surface area contributed by atoms with E-state index in [1.165, 1.54) is 0 Å². The van der Waals surface area contributed by atoms with Gasteiger partial charge in [-0.3, -0.25) is 9.59 Å². The molecule has 3 aromatic rings. The number of carbonyl (C=O) groups is 2. The quantitative estimate of drug-likeness (QED) is 0.347. The van der Waals surface area contributed by atoms with Gasteiger partial charge in [-0.25, -0.2) is 8.42 Å². The van der Waals surface area contributed by atoms with E-state index in [0.717, 1.165) is 30.4 Å². The first-order valence-electron chi connectivity index (χ1n) is 14.4. The van der Waals surface area contributed by atoms with Crippen LogP contribution in [0.1, 0.15) is 47.1 Å². The third kappa shape index (κ3) is 7.57. The van der Waals surface area contributed by atoms with Crippen LogP contribution in [-0.2, 0) is 32.5 Å². The van der Waals surface area contributed by atoms with E-state index >= 15 is 0 Å². The lowest BCUT2D eigenvalue weighted by Crippen LogP contribution is -2.56. The van der Waals surface area contributed by atoms with Crippen molar-refractivity contribution in [1.82, 2.24) is 14.9 Å². The van der Waals surface area contributed by atoms with Gasteiger partial charge in [-0.15, -0.1) is 0 Å². The minimum Gasteiger partial charge on any atom is -0.496 e. The SMILES string of the molecule is COc1cc(C)c(S(=O)(=O)N[C@@H](Cc2ccccc2)C(=O)N[C@H](Cc2ccccc2)C(=O)N2CCCCC2)c(C)c1C. The van der Waals surface area contributed by atoms with Crippen molar-refractivity contribution in [3.05, 3.63) is 94.5 Å². The maximum absolute atomic E-state index is 14.0. The van der Waals surface area contributed by atoms with E-state index in [1.807, 2.05) is 60.7 Å². The number of rotatable bonds is 11. The first-order valence-corrected chi connectivity index (χ1v) is 15.9. The predicted molar refractivity (Wildman–Crippen MR) is 164 cm³/mol. The standard InChI is InChI=1S/C33H41N3O5S/c1-23-20-30(41-4)24(2)25(3)31(23)42(39,40)35-28(21-26-14-8-5-9-15-26)32(37)34-29(22-27-16-10-6-11-17-27)33(38)36-18-12-7-13-19-36/h5-6,8-11,14-17,20,28-29,35H,7,12-13,18-19,21-22H2,1-4H3,(H,34,37)/t28-,29+/m0/s1. The fourth-order valence-electron chi connectivity index (χ4n) is 5.59. The molecule has 1 heterocycles. The highest BCUT2D eigenvalue weighted by atomic mass is 32.2. The molecule has 9 heteroatoms. The maximum atomic E-state index is 14.0. The second kappa shape index (κ2) is 14.0. The zero-order valence-corrected chi connectivity index (χ0v) is 25.7. The average Bonchev–Trinajstić information content (AvgIpc) is 2.99.